The van der Waals surface area contributed by atoms with Crippen molar-refractivity contribution in [3.63, 3.8) is 0 Å². The Hall–Kier alpha value is -0.860. The molecule has 0 aliphatic rings. The van der Waals surface area contributed by atoms with Crippen molar-refractivity contribution in [2.45, 2.75) is 60.2 Å². The lowest BCUT2D eigenvalue weighted by Crippen LogP contribution is -2.24. The standard InChI is InChI=1S/C19H33NO/c1-14(2)11-20-12-16(5)19-9-7-18(8-10-19)13-21-17(6)15(3)4/h7-10,14-17,20H,11-13H2,1-6H3. The highest BCUT2D eigenvalue weighted by Crippen LogP contribution is 2.16. The second-order valence-corrected chi connectivity index (χ2v) is 6.95. The van der Waals surface area contributed by atoms with Crippen molar-refractivity contribution in [1.82, 2.24) is 5.32 Å². The largest absolute Gasteiger partial charge is 0.374 e. The highest BCUT2D eigenvalue weighted by molar-refractivity contribution is 5.24. The molecule has 0 saturated heterocycles. The molecule has 1 aromatic rings. The second kappa shape index (κ2) is 9.22. The van der Waals surface area contributed by atoms with Crippen LogP contribution in [-0.2, 0) is 11.3 Å². The molecule has 0 spiro atoms. The van der Waals surface area contributed by atoms with E-state index in [1.165, 1.54) is 11.1 Å². The summed E-state index contributed by atoms with van der Waals surface area (Å²) in [6, 6.07) is 8.86. The second-order valence-electron chi connectivity index (χ2n) is 6.95. The van der Waals surface area contributed by atoms with E-state index in [1.807, 2.05) is 0 Å². The van der Waals surface area contributed by atoms with Gasteiger partial charge in [-0.25, -0.2) is 0 Å². The molecule has 0 heterocycles. The van der Waals surface area contributed by atoms with Gasteiger partial charge in [0.05, 0.1) is 12.7 Å². The van der Waals surface area contributed by atoms with E-state index in [1.54, 1.807) is 0 Å². The van der Waals surface area contributed by atoms with Gasteiger partial charge in [0.15, 0.2) is 0 Å². The maximum Gasteiger partial charge on any atom is 0.0720 e. The minimum Gasteiger partial charge on any atom is -0.374 e. The van der Waals surface area contributed by atoms with Gasteiger partial charge in [-0.3, -0.25) is 0 Å². The van der Waals surface area contributed by atoms with Crippen molar-refractivity contribution in [2.75, 3.05) is 13.1 Å². The van der Waals surface area contributed by atoms with Gasteiger partial charge in [-0.2, -0.15) is 0 Å². The Bertz CT molecular complexity index is 383. The maximum atomic E-state index is 5.87. The molecule has 21 heavy (non-hydrogen) atoms. The average Bonchev–Trinajstić information content (AvgIpc) is 2.44. The van der Waals surface area contributed by atoms with E-state index in [0.29, 0.717) is 30.5 Å². The zero-order valence-corrected chi connectivity index (χ0v) is 14.6. The molecule has 1 rings (SSSR count). The molecule has 2 nitrogen and oxygen atoms in total. The Morgan fingerprint density at radius 3 is 2.05 bits per heavy atom. The summed E-state index contributed by atoms with van der Waals surface area (Å²) in [7, 11) is 0. The van der Waals surface area contributed by atoms with Crippen LogP contribution in [0.5, 0.6) is 0 Å². The van der Waals surface area contributed by atoms with Crippen LogP contribution in [0.3, 0.4) is 0 Å². The summed E-state index contributed by atoms with van der Waals surface area (Å²) in [5.41, 5.74) is 2.65. The molecular weight excluding hydrogens is 258 g/mol. The molecule has 0 saturated carbocycles. The number of hydrogen-bond donors (Lipinski definition) is 1. The first kappa shape index (κ1) is 18.2. The molecule has 2 heteroatoms. The summed E-state index contributed by atoms with van der Waals surface area (Å²) >= 11 is 0. The Morgan fingerprint density at radius 1 is 0.905 bits per heavy atom. The van der Waals surface area contributed by atoms with E-state index in [4.69, 9.17) is 4.74 Å². The topological polar surface area (TPSA) is 21.3 Å². The van der Waals surface area contributed by atoms with Gasteiger partial charge < -0.3 is 10.1 Å². The number of rotatable bonds is 9. The molecule has 1 N–H and O–H groups in total. The van der Waals surface area contributed by atoms with Crippen molar-refractivity contribution in [2.24, 2.45) is 11.8 Å². The summed E-state index contributed by atoms with van der Waals surface area (Å²) in [5.74, 6) is 1.82. The molecule has 0 amide bonds. The first-order valence-electron chi connectivity index (χ1n) is 8.31. The fraction of sp³-hybridized carbons (Fsp3) is 0.684. The summed E-state index contributed by atoms with van der Waals surface area (Å²) < 4.78 is 5.87. The van der Waals surface area contributed by atoms with E-state index in [-0.39, 0.29) is 0 Å². The molecule has 0 bridgehead atoms. The van der Waals surface area contributed by atoms with Crippen LogP contribution in [0.25, 0.3) is 0 Å². The van der Waals surface area contributed by atoms with Crippen LogP contribution >= 0.6 is 0 Å². The fourth-order valence-corrected chi connectivity index (χ4v) is 2.07. The Morgan fingerprint density at radius 2 is 1.52 bits per heavy atom. The predicted molar refractivity (Wildman–Crippen MR) is 91.7 cm³/mol. The molecule has 0 radical (unpaired) electrons. The highest BCUT2D eigenvalue weighted by Gasteiger charge is 2.08. The lowest BCUT2D eigenvalue weighted by Gasteiger charge is -2.17. The summed E-state index contributed by atoms with van der Waals surface area (Å²) in [6.45, 7) is 16.1. The van der Waals surface area contributed by atoms with E-state index >= 15 is 0 Å². The Balaban J connectivity index is 2.42. The number of hydrogen-bond acceptors (Lipinski definition) is 2. The number of ether oxygens (including phenoxy) is 1. The van der Waals surface area contributed by atoms with E-state index in [0.717, 1.165) is 13.1 Å². The first-order valence-corrected chi connectivity index (χ1v) is 8.31. The minimum atomic E-state index is 0.309. The summed E-state index contributed by atoms with van der Waals surface area (Å²) in [4.78, 5) is 0. The average molecular weight is 291 g/mol. The molecule has 2 unspecified atom stereocenters. The number of benzene rings is 1. The van der Waals surface area contributed by atoms with E-state index in [9.17, 15) is 0 Å². The Labute approximate surface area is 131 Å². The first-order chi connectivity index (χ1) is 9.90. The van der Waals surface area contributed by atoms with Crippen LogP contribution < -0.4 is 5.32 Å². The molecule has 0 aromatic heterocycles. The van der Waals surface area contributed by atoms with Gasteiger partial charge in [-0.05, 0) is 42.3 Å². The maximum absolute atomic E-state index is 5.87. The van der Waals surface area contributed by atoms with Gasteiger partial charge in [0, 0.05) is 6.54 Å². The highest BCUT2D eigenvalue weighted by atomic mass is 16.5. The van der Waals surface area contributed by atoms with E-state index < -0.39 is 0 Å². The molecule has 0 fully saturated rings. The molecular formula is C19H33NO. The van der Waals surface area contributed by atoms with Gasteiger partial charge in [-0.15, -0.1) is 0 Å². The van der Waals surface area contributed by atoms with E-state index in [2.05, 4.69) is 71.1 Å². The fourth-order valence-electron chi connectivity index (χ4n) is 2.07. The normalized spacial score (nSPS) is 14.7. The third-order valence-electron chi connectivity index (χ3n) is 4.00. The van der Waals surface area contributed by atoms with Crippen LogP contribution in [0.2, 0.25) is 0 Å². The smallest absolute Gasteiger partial charge is 0.0720 e. The zero-order chi connectivity index (χ0) is 15.8. The van der Waals surface area contributed by atoms with Crippen molar-refractivity contribution < 1.29 is 4.74 Å². The van der Waals surface area contributed by atoms with Crippen molar-refractivity contribution in [3.8, 4) is 0 Å². The van der Waals surface area contributed by atoms with Gasteiger partial charge in [-0.1, -0.05) is 58.9 Å². The van der Waals surface area contributed by atoms with Gasteiger partial charge in [0.1, 0.15) is 0 Å². The van der Waals surface area contributed by atoms with Gasteiger partial charge >= 0.3 is 0 Å². The van der Waals surface area contributed by atoms with Crippen LogP contribution in [0, 0.1) is 11.8 Å². The molecule has 120 valence electrons. The third kappa shape index (κ3) is 7.10. The SMILES string of the molecule is CC(C)CNCC(C)c1ccc(COC(C)C(C)C)cc1. The molecule has 0 aliphatic heterocycles. The molecule has 2 atom stereocenters. The zero-order valence-electron chi connectivity index (χ0n) is 14.6. The van der Waals surface area contributed by atoms with Crippen LogP contribution in [0.15, 0.2) is 24.3 Å². The van der Waals surface area contributed by atoms with Crippen LogP contribution in [-0.4, -0.2) is 19.2 Å². The van der Waals surface area contributed by atoms with Crippen molar-refractivity contribution in [1.29, 1.82) is 0 Å². The predicted octanol–water partition coefficient (Wildman–Crippen LogP) is 4.60. The molecule has 0 aliphatic carbocycles. The number of nitrogens with one attached hydrogen (secondary N) is 1. The Kier molecular flexibility index (Phi) is 7.98. The quantitative estimate of drug-likeness (QED) is 0.718. The lowest BCUT2D eigenvalue weighted by atomic mass is 9.99. The lowest BCUT2D eigenvalue weighted by molar-refractivity contribution is 0.0235. The monoisotopic (exact) mass is 291 g/mol. The van der Waals surface area contributed by atoms with Crippen LogP contribution in [0.4, 0.5) is 0 Å². The van der Waals surface area contributed by atoms with Gasteiger partial charge in [0.25, 0.3) is 0 Å². The summed E-state index contributed by atoms with van der Waals surface area (Å²) in [6.07, 6.45) is 0.309. The minimum absolute atomic E-state index is 0.309. The van der Waals surface area contributed by atoms with Crippen LogP contribution in [0.1, 0.15) is 58.6 Å². The molecule has 1 aromatic carbocycles. The van der Waals surface area contributed by atoms with Crippen molar-refractivity contribution >= 4 is 0 Å². The van der Waals surface area contributed by atoms with Crippen molar-refractivity contribution in [3.05, 3.63) is 35.4 Å². The summed E-state index contributed by atoms with van der Waals surface area (Å²) in [5, 5.41) is 3.53. The third-order valence-corrected chi connectivity index (χ3v) is 4.00. The van der Waals surface area contributed by atoms with Gasteiger partial charge in [0.2, 0.25) is 0 Å².